The number of fused-ring (bicyclic) bond motifs is 7. The highest BCUT2D eigenvalue weighted by molar-refractivity contribution is 7.20. The predicted octanol–water partition coefficient (Wildman–Crippen LogP) is 12.3. The van der Waals surface area contributed by atoms with Gasteiger partial charge in [-0.05, 0) is 95.1 Å². The second-order valence-electron chi connectivity index (χ2n) is 19.9. The van der Waals surface area contributed by atoms with Crippen molar-refractivity contribution < 1.29 is 0 Å². The summed E-state index contributed by atoms with van der Waals surface area (Å²) in [6.45, 7) is 0. The van der Waals surface area contributed by atoms with Gasteiger partial charge in [0.2, 0.25) is 0 Å². The standard InChI is InChI=1S/C72H52N2Si2/c1-8-26-53(27-9-1)54-28-24-42-62(50-54)76(60-38-18-6-19-39-60,61-40-20-7-21-41-61)64-46-47-65-66-48-49-69-71(72(66)74(70(65)52-64)55-29-10-2-11-30-55)67-44-22-23-45-68(67)73(69)56-31-25-43-63(51-56)75(57-32-12-3-13-33-57,58-34-14-4-15-35-58)59-36-16-5-17-37-59/h1-52H. The first-order chi connectivity index (χ1) is 37.7. The molecule has 0 aliphatic carbocycles. The first kappa shape index (κ1) is 45.3. The van der Waals surface area contributed by atoms with E-state index in [0.717, 1.165) is 11.4 Å². The van der Waals surface area contributed by atoms with Crippen LogP contribution in [0.15, 0.2) is 315 Å². The summed E-state index contributed by atoms with van der Waals surface area (Å²) in [6, 6.07) is 118. The molecule has 76 heavy (non-hydrogen) atoms. The second-order valence-corrected chi connectivity index (χ2v) is 27.6. The zero-order valence-corrected chi connectivity index (χ0v) is 43.9. The van der Waals surface area contributed by atoms with E-state index in [9.17, 15) is 0 Å². The van der Waals surface area contributed by atoms with Gasteiger partial charge in [-0.25, -0.2) is 0 Å². The molecule has 4 heteroatoms. The fraction of sp³-hybridized carbons (Fsp3) is 0. The minimum Gasteiger partial charge on any atom is -0.309 e. The highest BCUT2D eigenvalue weighted by atomic mass is 28.3. The van der Waals surface area contributed by atoms with E-state index >= 15 is 0 Å². The van der Waals surface area contributed by atoms with Crippen LogP contribution in [0.5, 0.6) is 0 Å². The van der Waals surface area contributed by atoms with Gasteiger partial charge < -0.3 is 9.13 Å². The molecule has 14 rings (SSSR count). The molecule has 2 nitrogen and oxygen atoms in total. The van der Waals surface area contributed by atoms with Crippen LogP contribution in [0, 0.1) is 0 Å². The Labute approximate surface area is 445 Å². The molecule has 0 fully saturated rings. The molecule has 2 heterocycles. The van der Waals surface area contributed by atoms with Crippen molar-refractivity contribution >= 4 is 101 Å². The van der Waals surface area contributed by atoms with Gasteiger partial charge in [-0.15, -0.1) is 0 Å². The highest BCUT2D eigenvalue weighted by Gasteiger charge is 2.43. The van der Waals surface area contributed by atoms with Crippen LogP contribution < -0.4 is 41.5 Å². The minimum absolute atomic E-state index is 1.13. The third kappa shape index (κ3) is 7.14. The fourth-order valence-electron chi connectivity index (χ4n) is 12.8. The Kier molecular flexibility index (Phi) is 11.2. The maximum atomic E-state index is 2.57. The van der Waals surface area contributed by atoms with Crippen LogP contribution in [0.3, 0.4) is 0 Å². The predicted molar refractivity (Wildman–Crippen MR) is 328 cm³/mol. The van der Waals surface area contributed by atoms with Crippen LogP contribution >= 0.6 is 0 Å². The van der Waals surface area contributed by atoms with Crippen LogP contribution in [0.4, 0.5) is 0 Å². The van der Waals surface area contributed by atoms with Gasteiger partial charge in [-0.1, -0.05) is 273 Å². The number of hydrogen-bond acceptors (Lipinski definition) is 0. The molecule has 358 valence electrons. The van der Waals surface area contributed by atoms with Crippen molar-refractivity contribution in [3.05, 3.63) is 315 Å². The van der Waals surface area contributed by atoms with Crippen molar-refractivity contribution in [3.63, 3.8) is 0 Å². The Morgan fingerprint density at radius 2 is 0.618 bits per heavy atom. The maximum absolute atomic E-state index is 3.00. The van der Waals surface area contributed by atoms with Gasteiger partial charge in [-0.2, -0.15) is 0 Å². The Morgan fingerprint density at radius 1 is 0.211 bits per heavy atom. The van der Waals surface area contributed by atoms with Gasteiger partial charge in [-0.3, -0.25) is 0 Å². The van der Waals surface area contributed by atoms with Gasteiger partial charge >= 0.3 is 0 Å². The van der Waals surface area contributed by atoms with E-state index in [1.54, 1.807) is 0 Å². The highest BCUT2D eigenvalue weighted by Crippen LogP contribution is 2.42. The summed E-state index contributed by atoms with van der Waals surface area (Å²) < 4.78 is 5.09. The number of para-hydroxylation sites is 2. The molecule has 0 saturated carbocycles. The first-order valence-corrected chi connectivity index (χ1v) is 30.3. The van der Waals surface area contributed by atoms with E-state index in [-0.39, 0.29) is 0 Å². The van der Waals surface area contributed by atoms with Crippen molar-refractivity contribution in [1.82, 2.24) is 9.13 Å². The molecule has 0 saturated heterocycles. The molecule has 0 unspecified atom stereocenters. The molecule has 0 amide bonds. The Morgan fingerprint density at radius 3 is 1.18 bits per heavy atom. The van der Waals surface area contributed by atoms with E-state index < -0.39 is 16.1 Å². The number of nitrogens with zero attached hydrogens (tertiary/aromatic N) is 2. The van der Waals surface area contributed by atoms with Gasteiger partial charge in [0, 0.05) is 32.9 Å². The molecule has 0 N–H and O–H groups in total. The lowest BCUT2D eigenvalue weighted by Gasteiger charge is -2.35. The lowest BCUT2D eigenvalue weighted by molar-refractivity contribution is 1.18. The summed E-state index contributed by atoms with van der Waals surface area (Å²) in [7, 11) is -5.83. The van der Waals surface area contributed by atoms with Crippen LogP contribution in [-0.4, -0.2) is 25.3 Å². The average Bonchev–Trinajstić information content (AvgIpc) is 4.03. The van der Waals surface area contributed by atoms with Crippen LogP contribution in [0.25, 0.3) is 66.1 Å². The molecule has 2 aromatic heterocycles. The summed E-state index contributed by atoms with van der Waals surface area (Å²) in [6.07, 6.45) is 0. The van der Waals surface area contributed by atoms with Crippen molar-refractivity contribution in [2.45, 2.75) is 0 Å². The van der Waals surface area contributed by atoms with Crippen molar-refractivity contribution in [2.24, 2.45) is 0 Å². The first-order valence-electron chi connectivity index (χ1n) is 26.3. The van der Waals surface area contributed by atoms with Crippen LogP contribution in [0.2, 0.25) is 0 Å². The van der Waals surface area contributed by atoms with E-state index in [1.165, 1.54) is 96.2 Å². The Balaban J connectivity index is 1.06. The van der Waals surface area contributed by atoms with Gasteiger partial charge in [0.05, 0.1) is 22.1 Å². The fourth-order valence-corrected chi connectivity index (χ4v) is 22.4. The molecular weight excluding hydrogens is 949 g/mol. The Hall–Kier alpha value is -9.33. The SMILES string of the molecule is c1ccc(-c2cccc([Si](c3ccccc3)(c3ccccc3)c3ccc4c5ccc6c(c7ccccc7n6-c6cccc([Si](c7ccccc7)(c7ccccc7)c7ccccc7)c6)c5n(-c5ccccc5)c4c3)c2)cc1. The molecule has 12 aromatic carbocycles. The third-order valence-corrected chi connectivity index (χ3v) is 25.5. The third-order valence-electron chi connectivity index (χ3n) is 16.0. The topological polar surface area (TPSA) is 9.86 Å². The maximum Gasteiger partial charge on any atom is 0.179 e. The average molecular weight is 1000 g/mol. The quantitative estimate of drug-likeness (QED) is 0.0903. The summed E-state index contributed by atoms with van der Waals surface area (Å²) in [5, 5.41) is 15.7. The van der Waals surface area contributed by atoms with E-state index in [1.807, 2.05) is 0 Å². The van der Waals surface area contributed by atoms with Crippen LogP contribution in [0.1, 0.15) is 0 Å². The summed E-state index contributed by atoms with van der Waals surface area (Å²) in [4.78, 5) is 0. The largest absolute Gasteiger partial charge is 0.309 e. The number of benzene rings is 12. The molecule has 0 spiro atoms. The lowest BCUT2D eigenvalue weighted by atomic mass is 10.1. The molecule has 0 atom stereocenters. The van der Waals surface area contributed by atoms with Crippen molar-refractivity contribution in [3.8, 4) is 22.5 Å². The number of rotatable bonds is 11. The molecule has 0 bridgehead atoms. The van der Waals surface area contributed by atoms with E-state index in [2.05, 4.69) is 325 Å². The summed E-state index contributed by atoms with van der Waals surface area (Å²) in [5.41, 5.74) is 9.47. The minimum atomic E-state index is -3.00. The van der Waals surface area contributed by atoms with Crippen molar-refractivity contribution in [1.29, 1.82) is 0 Å². The van der Waals surface area contributed by atoms with Gasteiger partial charge in [0.15, 0.2) is 16.1 Å². The smallest absolute Gasteiger partial charge is 0.179 e. The summed E-state index contributed by atoms with van der Waals surface area (Å²) in [5.74, 6) is 0. The monoisotopic (exact) mass is 1000 g/mol. The zero-order valence-electron chi connectivity index (χ0n) is 41.9. The Bertz CT molecular complexity index is 4230. The number of hydrogen-bond donors (Lipinski definition) is 0. The van der Waals surface area contributed by atoms with E-state index in [4.69, 9.17) is 0 Å². The molecule has 0 radical (unpaired) electrons. The normalized spacial score (nSPS) is 11.9. The van der Waals surface area contributed by atoms with E-state index in [0.29, 0.717) is 0 Å². The van der Waals surface area contributed by atoms with Gasteiger partial charge in [0.25, 0.3) is 0 Å². The lowest BCUT2D eigenvalue weighted by Crippen LogP contribution is -2.74. The molecule has 14 aromatic rings. The zero-order chi connectivity index (χ0) is 50.5. The molecule has 0 aliphatic rings. The summed E-state index contributed by atoms with van der Waals surface area (Å²) >= 11 is 0. The van der Waals surface area contributed by atoms with Crippen LogP contribution in [-0.2, 0) is 0 Å². The molecular formula is C72H52N2Si2. The molecule has 0 aliphatic heterocycles. The van der Waals surface area contributed by atoms with Gasteiger partial charge in [0.1, 0.15) is 0 Å². The number of aromatic nitrogens is 2. The van der Waals surface area contributed by atoms with Crippen molar-refractivity contribution in [2.75, 3.05) is 0 Å². The second kappa shape index (κ2) is 18.9.